The van der Waals surface area contributed by atoms with Gasteiger partial charge in [-0.2, -0.15) is 33.1 Å². The van der Waals surface area contributed by atoms with Crippen LogP contribution in [0.3, 0.4) is 0 Å². The number of aromatic nitrogens is 4. The molecule has 4 aromatic rings. The monoisotopic (exact) mass is 601 g/mol. The minimum absolute atomic E-state index is 0.108. The van der Waals surface area contributed by atoms with E-state index < -0.39 is 17.7 Å². The van der Waals surface area contributed by atoms with Gasteiger partial charge in [0, 0.05) is 0 Å². The summed E-state index contributed by atoms with van der Waals surface area (Å²) in [6.45, 7) is 0. The number of hydrogen-bond donors (Lipinski definition) is 0. The molecular formula is C27H22F3N5O8. The Kier molecular flexibility index (Phi) is 9.39. The molecule has 2 aromatic carbocycles. The first-order chi connectivity index (χ1) is 20.6. The molecule has 0 saturated carbocycles. The molecule has 0 N–H and O–H groups in total. The van der Waals surface area contributed by atoms with E-state index in [0.717, 1.165) is 30.5 Å². The van der Waals surface area contributed by atoms with Crippen LogP contribution in [0.5, 0.6) is 47.0 Å². The van der Waals surface area contributed by atoms with Gasteiger partial charge in [-0.1, -0.05) is 23.4 Å². The molecule has 4 rings (SSSR count). The van der Waals surface area contributed by atoms with Crippen LogP contribution in [0, 0.1) is 0 Å². The van der Waals surface area contributed by atoms with Crippen LogP contribution in [0.1, 0.15) is 21.5 Å². The number of halogens is 3. The van der Waals surface area contributed by atoms with Gasteiger partial charge < -0.3 is 33.3 Å². The zero-order valence-corrected chi connectivity index (χ0v) is 22.9. The Labute approximate surface area is 241 Å². The standard InChI is InChI=1S/C27H22F3N5O8/c1-37-19-12-20(38-2)33-25(32-19)41-17-6-5-7-18(42-26-34-21(39-3)13-22(35-26)40-4)23(17)24(36)43-31-14-15-8-10-16(11-9-15)27(28,29)30/h5-14H,1-4H3/b31-14+. The Morgan fingerprint density at radius 2 is 1.16 bits per heavy atom. The summed E-state index contributed by atoms with van der Waals surface area (Å²) >= 11 is 0. The van der Waals surface area contributed by atoms with Gasteiger partial charge in [-0.05, 0) is 29.8 Å². The summed E-state index contributed by atoms with van der Waals surface area (Å²) in [6, 6.07) is 10.6. The molecule has 0 aliphatic heterocycles. The van der Waals surface area contributed by atoms with E-state index >= 15 is 0 Å². The summed E-state index contributed by atoms with van der Waals surface area (Å²) in [5.41, 5.74) is -0.916. The molecule has 43 heavy (non-hydrogen) atoms. The summed E-state index contributed by atoms with van der Waals surface area (Å²) in [4.78, 5) is 34.7. The maximum atomic E-state index is 13.3. The van der Waals surface area contributed by atoms with E-state index in [-0.39, 0.29) is 58.2 Å². The SMILES string of the molecule is COc1cc(OC)nc(Oc2cccc(Oc3nc(OC)cc(OC)n3)c2C(=O)O/N=C/c2ccc(C(F)(F)F)cc2)n1. The number of carbonyl (C=O) groups is 1. The third-order valence-electron chi connectivity index (χ3n) is 5.32. The van der Waals surface area contributed by atoms with Crippen molar-refractivity contribution in [3.05, 3.63) is 71.3 Å². The van der Waals surface area contributed by atoms with Crippen molar-refractivity contribution < 1.29 is 51.2 Å². The van der Waals surface area contributed by atoms with Gasteiger partial charge in [-0.15, -0.1) is 0 Å². The van der Waals surface area contributed by atoms with E-state index in [0.29, 0.717) is 0 Å². The van der Waals surface area contributed by atoms with Crippen molar-refractivity contribution in [1.82, 2.24) is 19.9 Å². The van der Waals surface area contributed by atoms with Crippen LogP contribution in [0.15, 0.2) is 59.8 Å². The molecule has 0 spiro atoms. The summed E-state index contributed by atoms with van der Waals surface area (Å²) in [7, 11) is 5.50. The van der Waals surface area contributed by atoms with Crippen molar-refractivity contribution in [3.8, 4) is 47.0 Å². The average Bonchev–Trinajstić information content (AvgIpc) is 3.00. The number of oxime groups is 1. The Morgan fingerprint density at radius 3 is 1.56 bits per heavy atom. The lowest BCUT2D eigenvalue weighted by Crippen LogP contribution is -2.08. The first kappa shape index (κ1) is 30.3. The van der Waals surface area contributed by atoms with Crippen molar-refractivity contribution in [2.75, 3.05) is 28.4 Å². The van der Waals surface area contributed by atoms with Crippen molar-refractivity contribution in [2.24, 2.45) is 5.16 Å². The van der Waals surface area contributed by atoms with Crippen molar-refractivity contribution in [2.45, 2.75) is 6.18 Å². The Hall–Kier alpha value is -5.67. The molecule has 2 heterocycles. The molecular weight excluding hydrogens is 579 g/mol. The molecule has 0 saturated heterocycles. The van der Waals surface area contributed by atoms with Gasteiger partial charge in [0.15, 0.2) is 0 Å². The summed E-state index contributed by atoms with van der Waals surface area (Å²) in [5, 5.41) is 3.61. The Morgan fingerprint density at radius 1 is 0.721 bits per heavy atom. The zero-order valence-electron chi connectivity index (χ0n) is 22.9. The first-order valence-electron chi connectivity index (χ1n) is 12.0. The Balaban J connectivity index is 1.69. The van der Waals surface area contributed by atoms with Gasteiger partial charge in [0.2, 0.25) is 23.5 Å². The average molecular weight is 601 g/mol. The van der Waals surface area contributed by atoms with Crippen LogP contribution in [0.4, 0.5) is 13.2 Å². The van der Waals surface area contributed by atoms with Crippen molar-refractivity contribution >= 4 is 12.2 Å². The highest BCUT2D eigenvalue weighted by atomic mass is 19.4. The number of methoxy groups -OCH3 is 4. The molecule has 0 radical (unpaired) electrons. The van der Waals surface area contributed by atoms with Gasteiger partial charge in [-0.3, -0.25) is 0 Å². The molecule has 0 unspecified atom stereocenters. The van der Waals surface area contributed by atoms with Crippen LogP contribution in [-0.4, -0.2) is 60.6 Å². The van der Waals surface area contributed by atoms with Crippen molar-refractivity contribution in [1.29, 1.82) is 0 Å². The topological polar surface area (TPSA) is 146 Å². The van der Waals surface area contributed by atoms with Crippen LogP contribution < -0.4 is 28.4 Å². The molecule has 0 aliphatic carbocycles. The third kappa shape index (κ3) is 7.75. The molecule has 0 amide bonds. The minimum atomic E-state index is -4.50. The maximum absolute atomic E-state index is 13.3. The number of rotatable bonds is 11. The lowest BCUT2D eigenvalue weighted by Gasteiger charge is -2.14. The fourth-order valence-corrected chi connectivity index (χ4v) is 3.29. The van der Waals surface area contributed by atoms with Gasteiger partial charge >= 0.3 is 24.2 Å². The third-order valence-corrected chi connectivity index (χ3v) is 5.32. The number of nitrogens with zero attached hydrogens (tertiary/aromatic N) is 5. The summed E-state index contributed by atoms with van der Waals surface area (Å²) in [6.07, 6.45) is -3.45. The highest BCUT2D eigenvalue weighted by Crippen LogP contribution is 2.35. The number of alkyl halides is 3. The minimum Gasteiger partial charge on any atom is -0.481 e. The van der Waals surface area contributed by atoms with Crippen molar-refractivity contribution in [3.63, 3.8) is 0 Å². The second-order valence-electron chi connectivity index (χ2n) is 8.04. The summed E-state index contributed by atoms with van der Waals surface area (Å²) in [5.74, 6) is -0.936. The molecule has 0 atom stereocenters. The van der Waals surface area contributed by atoms with Gasteiger partial charge in [-0.25, -0.2) is 4.79 Å². The Bertz CT molecular complexity index is 1500. The number of hydrogen-bond acceptors (Lipinski definition) is 13. The smallest absolute Gasteiger partial charge is 0.416 e. The normalized spacial score (nSPS) is 11.1. The zero-order chi connectivity index (χ0) is 31.0. The molecule has 0 fully saturated rings. The highest BCUT2D eigenvalue weighted by Gasteiger charge is 2.30. The summed E-state index contributed by atoms with van der Waals surface area (Å²) < 4.78 is 70.6. The fourth-order valence-electron chi connectivity index (χ4n) is 3.29. The van der Waals surface area contributed by atoms with Gasteiger partial charge in [0.1, 0.15) is 17.1 Å². The fraction of sp³-hybridized carbons (Fsp3) is 0.185. The van der Waals surface area contributed by atoms with E-state index in [1.54, 1.807) is 0 Å². The van der Waals surface area contributed by atoms with E-state index in [9.17, 15) is 18.0 Å². The van der Waals surface area contributed by atoms with Crippen LogP contribution in [0.2, 0.25) is 0 Å². The lowest BCUT2D eigenvalue weighted by molar-refractivity contribution is -0.137. The number of benzene rings is 2. The predicted octanol–water partition coefficient (Wildman–Crippen LogP) is 5.10. The van der Waals surface area contributed by atoms with Crippen LogP contribution >= 0.6 is 0 Å². The molecule has 0 aliphatic rings. The quantitative estimate of drug-likeness (QED) is 0.128. The highest BCUT2D eigenvalue weighted by molar-refractivity contribution is 5.96. The second-order valence-corrected chi connectivity index (χ2v) is 8.04. The maximum Gasteiger partial charge on any atom is 0.416 e. The molecule has 0 bridgehead atoms. The number of carbonyl (C=O) groups excluding carboxylic acids is 1. The predicted molar refractivity (Wildman–Crippen MR) is 141 cm³/mol. The molecule has 2 aromatic heterocycles. The molecule has 16 heteroatoms. The van der Waals surface area contributed by atoms with E-state index in [1.807, 2.05) is 0 Å². The molecule has 13 nitrogen and oxygen atoms in total. The van der Waals surface area contributed by atoms with E-state index in [1.165, 1.54) is 58.8 Å². The molecule has 224 valence electrons. The number of ether oxygens (including phenoxy) is 6. The lowest BCUT2D eigenvalue weighted by atomic mass is 10.1. The second kappa shape index (κ2) is 13.3. The van der Waals surface area contributed by atoms with Gasteiger partial charge in [0.25, 0.3) is 0 Å². The van der Waals surface area contributed by atoms with Crippen LogP contribution in [0.25, 0.3) is 0 Å². The van der Waals surface area contributed by atoms with Gasteiger partial charge in [0.05, 0.1) is 52.3 Å². The van der Waals surface area contributed by atoms with E-state index in [4.69, 9.17) is 33.3 Å². The first-order valence-corrected chi connectivity index (χ1v) is 12.0. The largest absolute Gasteiger partial charge is 0.481 e. The van der Waals surface area contributed by atoms with E-state index in [2.05, 4.69) is 25.1 Å². The van der Waals surface area contributed by atoms with Crippen LogP contribution in [-0.2, 0) is 11.0 Å².